The molecule has 3 aliphatic rings. The molecule has 2 heteroatoms. The van der Waals surface area contributed by atoms with Crippen LogP contribution in [0.2, 0.25) is 16.8 Å². The van der Waals surface area contributed by atoms with E-state index >= 15 is 0 Å². The molecule has 1 aliphatic heterocycles. The first-order chi connectivity index (χ1) is 25.0. The molecule has 259 valence electrons. The van der Waals surface area contributed by atoms with E-state index in [1.165, 1.54) is 58.2 Å². The maximum atomic E-state index is 2.77. The number of unbranched alkanes of at least 4 members (excludes halogenated alkanes) is 2. The van der Waals surface area contributed by atoms with Crippen molar-refractivity contribution >= 4 is 23.7 Å². The van der Waals surface area contributed by atoms with Crippen LogP contribution < -0.4 is 5.19 Å². The summed E-state index contributed by atoms with van der Waals surface area (Å²) in [7, 11) is -2.61. The molecule has 0 spiro atoms. The Labute approximate surface area is 311 Å². The molecule has 51 heavy (non-hydrogen) atoms. The molecule has 0 aromatic heterocycles. The summed E-state index contributed by atoms with van der Waals surface area (Å²) in [5.41, 5.74) is 15.9. The van der Waals surface area contributed by atoms with Gasteiger partial charge in [-0.25, -0.2) is 0 Å². The van der Waals surface area contributed by atoms with E-state index in [-0.39, 0.29) is 0 Å². The summed E-state index contributed by atoms with van der Waals surface area (Å²) in [6.07, 6.45) is 7.52. The molecule has 0 radical (unpaired) electrons. The SMILES string of the molecule is CCC[CH2][V]1([CH2]CCC)[CH]2C(CC)=C(c3c(-c4ccccc4)cccc32)[Si](C)(c2ccccc2)C2=C(CC)[CH]1c1cccc(-c3ccccc3)c12. The summed E-state index contributed by atoms with van der Waals surface area (Å²) in [5.74, 6) is 0. The van der Waals surface area contributed by atoms with E-state index in [0.29, 0.717) is 9.26 Å². The number of benzene rings is 5. The van der Waals surface area contributed by atoms with Crippen LogP contribution in [-0.2, 0) is 14.0 Å². The maximum absolute atomic E-state index is 2.77. The average Bonchev–Trinajstić information content (AvgIpc) is 3.74. The molecule has 2 unspecified atom stereocenters. The van der Waals surface area contributed by atoms with Gasteiger partial charge in [-0.1, -0.05) is 0 Å². The Balaban J connectivity index is 1.59. The van der Waals surface area contributed by atoms with Gasteiger partial charge in [0.25, 0.3) is 0 Å². The molecule has 4 bridgehead atoms. The quantitative estimate of drug-likeness (QED) is 0.119. The Morgan fingerprint density at radius 2 is 0.902 bits per heavy atom. The van der Waals surface area contributed by atoms with Crippen molar-refractivity contribution in [2.24, 2.45) is 0 Å². The summed E-state index contributed by atoms with van der Waals surface area (Å²) in [6.45, 7) is 12.7. The number of fused-ring (bicyclic) bond motifs is 8. The molecule has 0 amide bonds. The van der Waals surface area contributed by atoms with Crippen LogP contribution >= 0.6 is 0 Å². The van der Waals surface area contributed by atoms with Gasteiger partial charge in [0, 0.05) is 0 Å². The molecule has 0 N–H and O–H groups in total. The van der Waals surface area contributed by atoms with Gasteiger partial charge in [0.15, 0.2) is 0 Å². The van der Waals surface area contributed by atoms with Gasteiger partial charge in [0.2, 0.25) is 0 Å². The van der Waals surface area contributed by atoms with Crippen molar-refractivity contribution in [3.05, 3.63) is 161 Å². The van der Waals surface area contributed by atoms with Crippen LogP contribution in [0.3, 0.4) is 0 Å². The molecular weight excluding hydrogens is 668 g/mol. The van der Waals surface area contributed by atoms with E-state index in [1.54, 1.807) is 37.8 Å². The summed E-state index contributed by atoms with van der Waals surface area (Å²) in [6, 6.07) is 49.6. The second-order valence-electron chi connectivity index (χ2n) is 15.3. The fraction of sp³-hybridized carbons (Fsp3) is 0.306. The predicted molar refractivity (Wildman–Crippen MR) is 221 cm³/mol. The minimum absolute atomic E-state index is 0.579. The molecule has 2 atom stereocenters. The van der Waals surface area contributed by atoms with Crippen LogP contribution in [0.4, 0.5) is 0 Å². The average molecular weight is 722 g/mol. The number of allylic oxidation sites excluding steroid dienone is 2. The van der Waals surface area contributed by atoms with Gasteiger partial charge in [0.1, 0.15) is 0 Å². The first kappa shape index (κ1) is 34.5. The van der Waals surface area contributed by atoms with Crippen molar-refractivity contribution < 1.29 is 14.0 Å². The molecule has 0 fully saturated rings. The molecular formula is C49H54SiV. The van der Waals surface area contributed by atoms with Crippen LogP contribution in [0.25, 0.3) is 32.6 Å². The third kappa shape index (κ3) is 5.21. The molecule has 5 aromatic carbocycles. The minimum atomic E-state index is -2.70. The second kappa shape index (κ2) is 14.1. The summed E-state index contributed by atoms with van der Waals surface area (Å²) < 4.78 is 1.16. The zero-order chi connectivity index (χ0) is 35.2. The molecule has 0 saturated carbocycles. The van der Waals surface area contributed by atoms with Crippen molar-refractivity contribution in [2.75, 3.05) is 0 Å². The van der Waals surface area contributed by atoms with E-state index < -0.39 is 22.1 Å². The first-order valence-electron chi connectivity index (χ1n) is 19.8. The normalized spacial score (nSPS) is 21.4. The molecule has 8 rings (SSSR count). The van der Waals surface area contributed by atoms with E-state index in [0.717, 1.165) is 12.8 Å². The Kier molecular flexibility index (Phi) is 9.51. The number of hydrogen-bond donors (Lipinski definition) is 0. The van der Waals surface area contributed by atoms with Gasteiger partial charge in [-0.15, -0.1) is 0 Å². The van der Waals surface area contributed by atoms with Crippen molar-refractivity contribution in [1.82, 2.24) is 0 Å². The Morgan fingerprint density at radius 1 is 0.490 bits per heavy atom. The van der Waals surface area contributed by atoms with Crippen molar-refractivity contribution in [2.45, 2.75) is 92.3 Å². The monoisotopic (exact) mass is 721 g/mol. The molecule has 0 saturated heterocycles. The third-order valence-corrected chi connectivity index (χ3v) is 26.0. The van der Waals surface area contributed by atoms with Crippen molar-refractivity contribution in [1.29, 1.82) is 0 Å². The zero-order valence-corrected chi connectivity index (χ0v) is 33.8. The zero-order valence-electron chi connectivity index (χ0n) is 31.4. The molecule has 2 aliphatic carbocycles. The molecule has 5 aromatic rings. The summed E-state index contributed by atoms with van der Waals surface area (Å²) in [4.78, 5) is 0. The second-order valence-corrected chi connectivity index (χ2v) is 25.6. The molecule has 1 heterocycles. The summed E-state index contributed by atoms with van der Waals surface area (Å²) >= 11 is -2.70. The van der Waals surface area contributed by atoms with Gasteiger partial charge in [-0.3, -0.25) is 0 Å². The van der Waals surface area contributed by atoms with Crippen molar-refractivity contribution in [3.63, 3.8) is 0 Å². The van der Waals surface area contributed by atoms with Gasteiger partial charge >= 0.3 is 313 Å². The standard InChI is InChI=1S/C41H36Si.2C4H9.V/c1-4-29-27-33-21-15-25-36(31-17-9-6-10-18-31)38(33)40(29)42(3,35-23-13-8-14-24-35)41-30(5-2)28-34-22-16-26-37(39(34)41)32-19-11-7-12-20-32;2*1-3-4-2;/h6-28H,4-5H2,1-3H3;2*1,3-4H2,2H3;. The van der Waals surface area contributed by atoms with Gasteiger partial charge in [-0.2, -0.15) is 0 Å². The number of hydrogen-bond acceptors (Lipinski definition) is 0. The van der Waals surface area contributed by atoms with Crippen LogP contribution in [0.15, 0.2) is 139 Å². The van der Waals surface area contributed by atoms with Crippen LogP contribution in [-0.4, -0.2) is 8.07 Å². The fourth-order valence-corrected chi connectivity index (χ4v) is 26.9. The first-order valence-corrected chi connectivity index (χ1v) is 25.9. The topological polar surface area (TPSA) is 0 Å². The predicted octanol–water partition coefficient (Wildman–Crippen LogP) is 13.8. The van der Waals surface area contributed by atoms with E-state index in [2.05, 4.69) is 162 Å². The van der Waals surface area contributed by atoms with Gasteiger partial charge in [-0.05, 0) is 0 Å². The van der Waals surface area contributed by atoms with E-state index in [9.17, 15) is 0 Å². The van der Waals surface area contributed by atoms with E-state index in [4.69, 9.17) is 0 Å². The van der Waals surface area contributed by atoms with Crippen molar-refractivity contribution in [3.8, 4) is 22.3 Å². The summed E-state index contributed by atoms with van der Waals surface area (Å²) in [5, 5.41) is 7.97. The van der Waals surface area contributed by atoms with Gasteiger partial charge in [0.05, 0.1) is 0 Å². The Morgan fingerprint density at radius 3 is 1.29 bits per heavy atom. The van der Waals surface area contributed by atoms with Crippen LogP contribution in [0.5, 0.6) is 0 Å². The molecule has 0 nitrogen and oxygen atoms in total. The number of rotatable bonds is 11. The van der Waals surface area contributed by atoms with Crippen LogP contribution in [0.1, 0.15) is 97.7 Å². The van der Waals surface area contributed by atoms with Crippen LogP contribution in [0, 0.1) is 0 Å². The fourth-order valence-electron chi connectivity index (χ4n) is 10.8. The van der Waals surface area contributed by atoms with E-state index in [1.807, 2.05) is 11.1 Å². The Hall–Kier alpha value is -3.62. The third-order valence-electron chi connectivity index (χ3n) is 12.8. The van der Waals surface area contributed by atoms with Gasteiger partial charge < -0.3 is 0 Å². The Bertz CT molecular complexity index is 1980.